The van der Waals surface area contributed by atoms with Crippen LogP contribution < -0.4 is 4.74 Å². The van der Waals surface area contributed by atoms with Gasteiger partial charge in [0.1, 0.15) is 5.75 Å². The van der Waals surface area contributed by atoms with E-state index >= 15 is 0 Å². The molecule has 0 heterocycles. The molecule has 2 rings (SSSR count). The minimum atomic E-state index is -4.31. The summed E-state index contributed by atoms with van der Waals surface area (Å²) < 4.78 is 41.1. The van der Waals surface area contributed by atoms with Crippen molar-refractivity contribution in [1.82, 2.24) is 0 Å². The Kier molecular flexibility index (Phi) is 2.96. The van der Waals surface area contributed by atoms with E-state index in [1.165, 1.54) is 0 Å². The molecule has 0 unspecified atom stereocenters. The van der Waals surface area contributed by atoms with Crippen LogP contribution in [0.3, 0.4) is 0 Å². The minimum Gasteiger partial charge on any atom is -0.483 e. The van der Waals surface area contributed by atoms with Gasteiger partial charge in [0.2, 0.25) is 0 Å². The zero-order valence-corrected chi connectivity index (χ0v) is 9.21. The first-order valence-corrected chi connectivity index (χ1v) is 5.15. The maximum Gasteiger partial charge on any atom is 0.422 e. The molecule has 0 bridgehead atoms. The predicted molar refractivity (Wildman–Crippen MR) is 60.2 cm³/mol. The molecular formula is C13H11F3O. The molecule has 17 heavy (non-hydrogen) atoms. The third-order valence-electron chi connectivity index (χ3n) is 2.49. The lowest BCUT2D eigenvalue weighted by Crippen LogP contribution is -2.19. The minimum absolute atomic E-state index is 0.267. The van der Waals surface area contributed by atoms with Gasteiger partial charge in [-0.1, -0.05) is 30.3 Å². The highest BCUT2D eigenvalue weighted by Gasteiger charge is 2.28. The average molecular weight is 240 g/mol. The number of hydrogen-bond acceptors (Lipinski definition) is 1. The quantitative estimate of drug-likeness (QED) is 0.768. The Labute approximate surface area is 96.8 Å². The van der Waals surface area contributed by atoms with Crippen molar-refractivity contribution in [2.75, 3.05) is 6.61 Å². The summed E-state index contributed by atoms with van der Waals surface area (Å²) in [6.45, 7) is 0.649. The number of benzene rings is 2. The molecule has 0 spiro atoms. The van der Waals surface area contributed by atoms with Gasteiger partial charge in [0, 0.05) is 5.39 Å². The lowest BCUT2D eigenvalue weighted by Gasteiger charge is -2.12. The van der Waals surface area contributed by atoms with Crippen LogP contribution in [-0.2, 0) is 0 Å². The fourth-order valence-electron chi connectivity index (χ4n) is 1.71. The third kappa shape index (κ3) is 2.70. The van der Waals surface area contributed by atoms with Gasteiger partial charge in [0.15, 0.2) is 6.61 Å². The molecule has 0 saturated heterocycles. The van der Waals surface area contributed by atoms with Crippen molar-refractivity contribution in [3.05, 3.63) is 42.0 Å². The maximum atomic E-state index is 12.1. The summed E-state index contributed by atoms with van der Waals surface area (Å²) in [7, 11) is 0. The second-order valence-corrected chi connectivity index (χ2v) is 3.83. The van der Waals surface area contributed by atoms with Crippen LogP contribution in [-0.4, -0.2) is 12.8 Å². The molecule has 4 heteroatoms. The van der Waals surface area contributed by atoms with Gasteiger partial charge >= 0.3 is 6.18 Å². The summed E-state index contributed by atoms with van der Waals surface area (Å²) in [6, 6.07) is 10.6. The van der Waals surface area contributed by atoms with Crippen LogP contribution in [0.5, 0.6) is 5.75 Å². The lowest BCUT2D eigenvalue weighted by atomic mass is 10.1. The smallest absolute Gasteiger partial charge is 0.422 e. The molecule has 0 fully saturated rings. The Morgan fingerprint density at radius 3 is 2.29 bits per heavy atom. The van der Waals surface area contributed by atoms with Crippen molar-refractivity contribution in [3.8, 4) is 5.75 Å². The zero-order valence-electron chi connectivity index (χ0n) is 9.21. The summed E-state index contributed by atoms with van der Waals surface area (Å²) >= 11 is 0. The van der Waals surface area contributed by atoms with Crippen molar-refractivity contribution in [1.29, 1.82) is 0 Å². The van der Waals surface area contributed by atoms with Crippen molar-refractivity contribution < 1.29 is 17.9 Å². The predicted octanol–water partition coefficient (Wildman–Crippen LogP) is 4.09. The number of rotatable bonds is 2. The Morgan fingerprint density at radius 2 is 1.65 bits per heavy atom. The van der Waals surface area contributed by atoms with Crippen LogP contribution in [0.2, 0.25) is 0 Å². The Hall–Kier alpha value is -1.71. The molecule has 0 saturated carbocycles. The van der Waals surface area contributed by atoms with E-state index in [1.807, 2.05) is 19.1 Å². The van der Waals surface area contributed by atoms with Gasteiger partial charge in [-0.3, -0.25) is 0 Å². The van der Waals surface area contributed by atoms with Gasteiger partial charge in [-0.05, 0) is 23.9 Å². The maximum absolute atomic E-state index is 12.1. The molecule has 2 aromatic carbocycles. The highest BCUT2D eigenvalue weighted by atomic mass is 19.4. The van der Waals surface area contributed by atoms with Crippen molar-refractivity contribution in [3.63, 3.8) is 0 Å². The first-order valence-electron chi connectivity index (χ1n) is 5.15. The monoisotopic (exact) mass is 240 g/mol. The first-order chi connectivity index (χ1) is 7.97. The molecule has 0 aromatic heterocycles. The van der Waals surface area contributed by atoms with E-state index in [9.17, 15) is 13.2 Å². The number of hydrogen-bond donors (Lipinski definition) is 0. The van der Waals surface area contributed by atoms with Crippen LogP contribution in [0, 0.1) is 6.92 Å². The standard InChI is InChI=1S/C13H11F3O/c1-9-6-7-12(17-8-13(14,15)16)11-5-3-2-4-10(9)11/h2-7H,8H2,1H3. The molecular weight excluding hydrogens is 229 g/mol. The van der Waals surface area contributed by atoms with E-state index in [2.05, 4.69) is 0 Å². The molecule has 0 amide bonds. The van der Waals surface area contributed by atoms with Crippen molar-refractivity contribution >= 4 is 10.8 Å². The fraction of sp³-hybridized carbons (Fsp3) is 0.231. The molecule has 0 aliphatic rings. The second kappa shape index (κ2) is 4.28. The van der Waals surface area contributed by atoms with Crippen LogP contribution in [0.25, 0.3) is 10.8 Å². The van der Waals surface area contributed by atoms with Gasteiger partial charge in [0.25, 0.3) is 0 Å². The largest absolute Gasteiger partial charge is 0.483 e. The highest BCUT2D eigenvalue weighted by Crippen LogP contribution is 2.29. The molecule has 0 N–H and O–H groups in total. The zero-order chi connectivity index (χ0) is 12.5. The molecule has 90 valence electrons. The van der Waals surface area contributed by atoms with Gasteiger partial charge in [-0.15, -0.1) is 0 Å². The number of ether oxygens (including phenoxy) is 1. The molecule has 2 aromatic rings. The summed E-state index contributed by atoms with van der Waals surface area (Å²) in [5.41, 5.74) is 1.01. The Balaban J connectivity index is 2.38. The topological polar surface area (TPSA) is 9.23 Å². The molecule has 1 nitrogen and oxygen atoms in total. The number of halogens is 3. The van der Waals surface area contributed by atoms with Crippen LogP contribution in [0.15, 0.2) is 36.4 Å². The molecule has 0 atom stereocenters. The first kappa shape index (κ1) is 11.8. The normalized spacial score (nSPS) is 11.8. The molecule has 0 radical (unpaired) electrons. The van der Waals surface area contributed by atoms with E-state index < -0.39 is 12.8 Å². The van der Waals surface area contributed by atoms with Crippen molar-refractivity contribution in [2.45, 2.75) is 13.1 Å². The van der Waals surface area contributed by atoms with Crippen LogP contribution in [0.4, 0.5) is 13.2 Å². The van der Waals surface area contributed by atoms with E-state index in [0.29, 0.717) is 5.39 Å². The second-order valence-electron chi connectivity index (χ2n) is 3.83. The van der Waals surface area contributed by atoms with Gasteiger partial charge in [-0.2, -0.15) is 13.2 Å². The summed E-state index contributed by atoms with van der Waals surface area (Å²) in [5.74, 6) is 0.267. The van der Waals surface area contributed by atoms with Gasteiger partial charge in [-0.25, -0.2) is 0 Å². The molecule has 0 aliphatic carbocycles. The third-order valence-corrected chi connectivity index (χ3v) is 2.49. The van der Waals surface area contributed by atoms with E-state index in [4.69, 9.17) is 4.74 Å². The van der Waals surface area contributed by atoms with E-state index in [-0.39, 0.29) is 5.75 Å². The van der Waals surface area contributed by atoms with Crippen molar-refractivity contribution in [2.24, 2.45) is 0 Å². The molecule has 0 aliphatic heterocycles. The van der Waals surface area contributed by atoms with Crippen LogP contribution >= 0.6 is 0 Å². The summed E-state index contributed by atoms with van der Waals surface area (Å²) in [4.78, 5) is 0. The van der Waals surface area contributed by atoms with Crippen LogP contribution in [0.1, 0.15) is 5.56 Å². The Bertz CT molecular complexity index is 532. The Morgan fingerprint density at radius 1 is 1.00 bits per heavy atom. The lowest BCUT2D eigenvalue weighted by molar-refractivity contribution is -0.153. The summed E-state index contributed by atoms with van der Waals surface area (Å²) in [5, 5.41) is 1.61. The number of alkyl halides is 3. The number of fused-ring (bicyclic) bond motifs is 1. The average Bonchev–Trinajstić information content (AvgIpc) is 2.27. The number of aryl methyl sites for hydroxylation is 1. The SMILES string of the molecule is Cc1ccc(OCC(F)(F)F)c2ccccc12. The fourth-order valence-corrected chi connectivity index (χ4v) is 1.71. The van der Waals surface area contributed by atoms with E-state index in [0.717, 1.165) is 10.9 Å². The highest BCUT2D eigenvalue weighted by molar-refractivity contribution is 5.90. The van der Waals surface area contributed by atoms with Gasteiger partial charge < -0.3 is 4.74 Å². The summed E-state index contributed by atoms with van der Waals surface area (Å²) in [6.07, 6.45) is -4.31. The van der Waals surface area contributed by atoms with Gasteiger partial charge in [0.05, 0.1) is 0 Å². The van der Waals surface area contributed by atoms with E-state index in [1.54, 1.807) is 24.3 Å².